The van der Waals surface area contributed by atoms with Crippen LogP contribution < -0.4 is 15.6 Å². The fourth-order valence-corrected chi connectivity index (χ4v) is 3.88. The third-order valence-corrected chi connectivity index (χ3v) is 5.64. The molecule has 1 aliphatic heterocycles. The molecule has 2 heterocycles. The maximum atomic E-state index is 12.4. The van der Waals surface area contributed by atoms with Gasteiger partial charge in [-0.15, -0.1) is 0 Å². The summed E-state index contributed by atoms with van der Waals surface area (Å²) in [4.78, 5) is 50.3. The monoisotopic (exact) mass is 474 g/mol. The van der Waals surface area contributed by atoms with Crippen molar-refractivity contribution in [3.05, 3.63) is 82.1 Å². The highest BCUT2D eigenvalue weighted by atomic mass is 16.5. The summed E-state index contributed by atoms with van der Waals surface area (Å²) >= 11 is 0. The number of aromatic nitrogens is 2. The zero-order valence-electron chi connectivity index (χ0n) is 19.4. The van der Waals surface area contributed by atoms with Gasteiger partial charge in [-0.25, -0.2) is 4.68 Å². The normalized spacial score (nSPS) is 12.5. The number of carbonyl (C=O) groups excluding carboxylic acids is 3. The molecule has 2 aromatic carbocycles. The molecule has 0 atom stereocenters. The van der Waals surface area contributed by atoms with E-state index in [0.717, 1.165) is 11.3 Å². The summed E-state index contributed by atoms with van der Waals surface area (Å²) in [7, 11) is 0. The van der Waals surface area contributed by atoms with Crippen molar-refractivity contribution in [2.24, 2.45) is 0 Å². The molecule has 9 nitrogen and oxygen atoms in total. The lowest BCUT2D eigenvalue weighted by Gasteiger charge is -2.13. The van der Waals surface area contributed by atoms with Gasteiger partial charge < -0.3 is 10.1 Å². The van der Waals surface area contributed by atoms with E-state index in [4.69, 9.17) is 4.74 Å². The first kappa shape index (κ1) is 23.9. The number of hydrogen-bond donors (Lipinski definition) is 1. The molecule has 0 fully saturated rings. The molecule has 0 radical (unpaired) electrons. The second-order valence-electron chi connectivity index (χ2n) is 8.00. The second kappa shape index (κ2) is 10.8. The van der Waals surface area contributed by atoms with Crippen molar-refractivity contribution in [1.82, 2.24) is 20.0 Å². The van der Waals surface area contributed by atoms with Crippen LogP contribution in [0.3, 0.4) is 0 Å². The van der Waals surface area contributed by atoms with Gasteiger partial charge in [0, 0.05) is 31.1 Å². The highest BCUT2D eigenvalue weighted by Crippen LogP contribution is 2.22. The highest BCUT2D eigenvalue weighted by molar-refractivity contribution is 6.21. The van der Waals surface area contributed by atoms with Gasteiger partial charge in [0.2, 0.25) is 5.91 Å². The summed E-state index contributed by atoms with van der Waals surface area (Å²) in [6.45, 7) is 3.11. The fourth-order valence-electron chi connectivity index (χ4n) is 3.88. The van der Waals surface area contributed by atoms with Gasteiger partial charge in [0.15, 0.2) is 0 Å². The van der Waals surface area contributed by atoms with Gasteiger partial charge in [-0.2, -0.15) is 5.10 Å². The number of nitrogens with one attached hydrogen (secondary N) is 1. The van der Waals surface area contributed by atoms with Crippen LogP contribution in [-0.2, 0) is 11.3 Å². The molecule has 0 spiro atoms. The summed E-state index contributed by atoms with van der Waals surface area (Å²) < 4.78 is 6.76. The Labute approximate surface area is 202 Å². The third-order valence-electron chi connectivity index (χ3n) is 5.64. The number of hydrogen-bond acceptors (Lipinski definition) is 6. The Morgan fingerprint density at radius 2 is 1.60 bits per heavy atom. The summed E-state index contributed by atoms with van der Waals surface area (Å²) in [5, 5.41) is 7.16. The molecular weight excluding hydrogens is 448 g/mol. The largest absolute Gasteiger partial charge is 0.494 e. The molecular formula is C26H26N4O5. The zero-order chi connectivity index (χ0) is 24.8. The second-order valence-corrected chi connectivity index (χ2v) is 8.00. The molecule has 0 saturated carbocycles. The first-order valence-corrected chi connectivity index (χ1v) is 11.5. The number of carbonyl (C=O) groups is 3. The molecule has 0 aliphatic carbocycles. The molecule has 9 heteroatoms. The van der Waals surface area contributed by atoms with E-state index in [9.17, 15) is 19.2 Å². The van der Waals surface area contributed by atoms with Crippen LogP contribution in [-0.4, -0.2) is 52.1 Å². The lowest BCUT2D eigenvalue weighted by atomic mass is 10.1. The number of rotatable bonds is 10. The first-order chi connectivity index (χ1) is 17.0. The zero-order valence-corrected chi connectivity index (χ0v) is 19.4. The van der Waals surface area contributed by atoms with Gasteiger partial charge in [0.05, 0.1) is 30.0 Å². The Bertz CT molecular complexity index is 1260. The minimum absolute atomic E-state index is 0.155. The van der Waals surface area contributed by atoms with Crippen molar-refractivity contribution >= 4 is 17.7 Å². The van der Waals surface area contributed by atoms with E-state index in [-0.39, 0.29) is 49.3 Å². The van der Waals surface area contributed by atoms with Crippen molar-refractivity contribution in [3.8, 4) is 17.0 Å². The lowest BCUT2D eigenvalue weighted by molar-refractivity contribution is -0.121. The maximum Gasteiger partial charge on any atom is 0.266 e. The van der Waals surface area contributed by atoms with E-state index in [1.807, 2.05) is 31.2 Å². The number of nitrogens with zero attached hydrogens (tertiary/aromatic N) is 3. The molecule has 0 bridgehead atoms. The molecule has 3 amide bonds. The van der Waals surface area contributed by atoms with E-state index in [1.54, 1.807) is 30.3 Å². The average molecular weight is 475 g/mol. The van der Waals surface area contributed by atoms with Crippen LogP contribution in [0.4, 0.5) is 0 Å². The van der Waals surface area contributed by atoms with Crippen LogP contribution in [0.15, 0.2) is 65.5 Å². The van der Waals surface area contributed by atoms with Crippen molar-refractivity contribution in [2.75, 3.05) is 19.7 Å². The summed E-state index contributed by atoms with van der Waals surface area (Å²) in [6, 6.07) is 17.2. The molecule has 1 aliphatic rings. The molecule has 0 unspecified atom stereocenters. The predicted molar refractivity (Wildman–Crippen MR) is 129 cm³/mol. The van der Waals surface area contributed by atoms with Crippen LogP contribution in [0.25, 0.3) is 11.3 Å². The number of ether oxygens (including phenoxy) is 1. The molecule has 180 valence electrons. The van der Waals surface area contributed by atoms with Crippen molar-refractivity contribution in [3.63, 3.8) is 0 Å². The van der Waals surface area contributed by atoms with Crippen LogP contribution >= 0.6 is 0 Å². The SMILES string of the molecule is CCOc1ccc(-c2ccc(=O)n(CCNC(=O)CCCN3C(=O)c4ccccc4C3=O)n2)cc1. The molecule has 1 aromatic heterocycles. The number of fused-ring (bicyclic) bond motifs is 1. The Kier molecular flexibility index (Phi) is 7.35. The van der Waals surface area contributed by atoms with E-state index >= 15 is 0 Å². The lowest BCUT2D eigenvalue weighted by Crippen LogP contribution is -2.33. The van der Waals surface area contributed by atoms with Crippen molar-refractivity contribution in [2.45, 2.75) is 26.3 Å². The molecule has 3 aromatic rings. The van der Waals surface area contributed by atoms with Gasteiger partial charge in [0.25, 0.3) is 17.4 Å². The van der Waals surface area contributed by atoms with Crippen LogP contribution in [0, 0.1) is 0 Å². The van der Waals surface area contributed by atoms with Crippen molar-refractivity contribution in [1.29, 1.82) is 0 Å². The quantitative estimate of drug-likeness (QED) is 0.452. The molecule has 35 heavy (non-hydrogen) atoms. The first-order valence-electron chi connectivity index (χ1n) is 11.5. The minimum Gasteiger partial charge on any atom is -0.494 e. The maximum absolute atomic E-state index is 12.4. The standard InChI is InChI=1S/C26H26N4O5/c1-2-35-19-11-9-18(10-12-19)22-13-14-24(32)30(28-22)17-15-27-23(31)8-5-16-29-25(33)20-6-3-4-7-21(20)26(29)34/h3-4,6-7,9-14H,2,5,8,15-17H2,1H3,(H,27,31). The Balaban J connectivity index is 1.25. The number of amides is 3. The Morgan fingerprint density at radius 1 is 0.914 bits per heavy atom. The fraction of sp³-hybridized carbons (Fsp3) is 0.269. The summed E-state index contributed by atoms with van der Waals surface area (Å²) in [5.74, 6) is -0.125. The van der Waals surface area contributed by atoms with E-state index in [2.05, 4.69) is 10.4 Å². The minimum atomic E-state index is -0.330. The number of imide groups is 1. The van der Waals surface area contributed by atoms with Crippen LogP contribution in [0.1, 0.15) is 40.5 Å². The topological polar surface area (TPSA) is 111 Å². The van der Waals surface area contributed by atoms with E-state index in [0.29, 0.717) is 29.8 Å². The highest BCUT2D eigenvalue weighted by Gasteiger charge is 2.34. The summed E-state index contributed by atoms with van der Waals surface area (Å²) in [6.07, 6.45) is 0.505. The van der Waals surface area contributed by atoms with E-state index in [1.165, 1.54) is 15.6 Å². The van der Waals surface area contributed by atoms with E-state index < -0.39 is 0 Å². The summed E-state index contributed by atoms with van der Waals surface area (Å²) in [5.41, 5.74) is 2.01. The van der Waals surface area contributed by atoms with Gasteiger partial charge in [-0.3, -0.25) is 24.1 Å². The van der Waals surface area contributed by atoms with Crippen molar-refractivity contribution < 1.29 is 19.1 Å². The molecule has 0 saturated heterocycles. The Hall–Kier alpha value is -4.27. The third kappa shape index (κ3) is 5.46. The molecule has 1 N–H and O–H groups in total. The predicted octanol–water partition coefficient (Wildman–Crippen LogP) is 2.50. The smallest absolute Gasteiger partial charge is 0.266 e. The van der Waals surface area contributed by atoms with Crippen LogP contribution in [0.2, 0.25) is 0 Å². The van der Waals surface area contributed by atoms with Gasteiger partial charge in [-0.1, -0.05) is 12.1 Å². The average Bonchev–Trinajstić information content (AvgIpc) is 3.11. The Morgan fingerprint density at radius 3 is 2.26 bits per heavy atom. The van der Waals surface area contributed by atoms with Gasteiger partial charge >= 0.3 is 0 Å². The van der Waals surface area contributed by atoms with Crippen LogP contribution in [0.5, 0.6) is 5.75 Å². The molecule has 4 rings (SSSR count). The van der Waals surface area contributed by atoms with Gasteiger partial charge in [0.1, 0.15) is 5.75 Å². The van der Waals surface area contributed by atoms with Gasteiger partial charge in [-0.05, 0) is 55.8 Å². The number of benzene rings is 2.